The number of hydrogen-bond acceptors (Lipinski definition) is 5. The van der Waals surface area contributed by atoms with Crippen LogP contribution in [0.1, 0.15) is 46.6 Å². The summed E-state index contributed by atoms with van der Waals surface area (Å²) in [5, 5.41) is 11.0. The molecule has 1 unspecified atom stereocenters. The molecule has 0 amide bonds. The molecule has 2 aromatic carbocycles. The number of ketones is 2. The Hall–Kier alpha value is -2.09. The predicted octanol–water partition coefficient (Wildman–Crippen LogP) is 3.59. The Balaban J connectivity index is 2.57. The van der Waals surface area contributed by atoms with Gasteiger partial charge in [0.25, 0.3) is 0 Å². The Labute approximate surface area is 185 Å². The number of Topliss-reactive ketones (excluding diaryl/α,β-unsaturated/α-hetero) is 2. The van der Waals surface area contributed by atoms with Crippen LogP contribution in [0.4, 0.5) is 0 Å². The van der Waals surface area contributed by atoms with E-state index in [1.807, 2.05) is 32.0 Å². The zero-order chi connectivity index (χ0) is 23.3. The first-order chi connectivity index (χ1) is 14.5. The maximum atomic E-state index is 13.7. The number of rotatable bonds is 11. The quantitative estimate of drug-likeness (QED) is 0.568. The zero-order valence-corrected chi connectivity index (χ0v) is 19.8. The SMILES string of the molecule is CC(=O)Cc1ccc2ccc(S(=O)(=O)N(CCC(C)C)C(C(=O)CO)C(C)C)cc2c1. The Kier molecular flexibility index (Phi) is 8.51. The van der Waals surface area contributed by atoms with Gasteiger partial charge in [0, 0.05) is 13.0 Å². The minimum Gasteiger partial charge on any atom is -0.389 e. The Morgan fingerprint density at radius 1 is 1.00 bits per heavy atom. The molecule has 170 valence electrons. The van der Waals surface area contributed by atoms with E-state index in [1.165, 1.54) is 11.2 Å². The summed E-state index contributed by atoms with van der Waals surface area (Å²) < 4.78 is 28.6. The largest absolute Gasteiger partial charge is 0.389 e. The van der Waals surface area contributed by atoms with Gasteiger partial charge in [-0.3, -0.25) is 9.59 Å². The van der Waals surface area contributed by atoms with Crippen LogP contribution in [-0.4, -0.2) is 48.6 Å². The molecular weight excluding hydrogens is 414 g/mol. The van der Waals surface area contributed by atoms with Crippen molar-refractivity contribution in [3.63, 3.8) is 0 Å². The molecule has 0 saturated carbocycles. The van der Waals surface area contributed by atoms with E-state index in [-0.39, 0.29) is 35.5 Å². The van der Waals surface area contributed by atoms with Crippen molar-refractivity contribution in [1.29, 1.82) is 0 Å². The molecule has 31 heavy (non-hydrogen) atoms. The number of benzene rings is 2. The van der Waals surface area contributed by atoms with Crippen molar-refractivity contribution in [3.8, 4) is 0 Å². The molecule has 1 atom stereocenters. The molecule has 0 spiro atoms. The van der Waals surface area contributed by atoms with Crippen molar-refractivity contribution < 1.29 is 23.1 Å². The molecule has 2 rings (SSSR count). The molecule has 0 aliphatic carbocycles. The number of aliphatic hydroxyl groups is 1. The fourth-order valence-electron chi connectivity index (χ4n) is 3.72. The lowest BCUT2D eigenvalue weighted by atomic mass is 9.99. The van der Waals surface area contributed by atoms with E-state index >= 15 is 0 Å². The van der Waals surface area contributed by atoms with Crippen LogP contribution in [-0.2, 0) is 26.0 Å². The second-order valence-corrected chi connectivity index (χ2v) is 10.7. The highest BCUT2D eigenvalue weighted by atomic mass is 32.2. The summed E-state index contributed by atoms with van der Waals surface area (Å²) in [5.74, 6) is -0.512. The second kappa shape index (κ2) is 10.5. The third-order valence-corrected chi connectivity index (χ3v) is 7.17. The summed E-state index contributed by atoms with van der Waals surface area (Å²) in [6, 6.07) is 9.50. The van der Waals surface area contributed by atoms with Crippen LogP contribution in [0.15, 0.2) is 41.3 Å². The highest BCUT2D eigenvalue weighted by Crippen LogP contribution is 2.27. The van der Waals surface area contributed by atoms with E-state index in [0.29, 0.717) is 6.42 Å². The topological polar surface area (TPSA) is 91.8 Å². The number of nitrogens with zero attached hydrogens (tertiary/aromatic N) is 1. The third kappa shape index (κ3) is 6.21. The molecule has 0 saturated heterocycles. The van der Waals surface area contributed by atoms with Gasteiger partial charge in [-0.25, -0.2) is 8.42 Å². The Morgan fingerprint density at radius 2 is 1.65 bits per heavy atom. The van der Waals surface area contributed by atoms with Gasteiger partial charge in [0.15, 0.2) is 5.78 Å². The first-order valence-corrected chi connectivity index (χ1v) is 12.1. The van der Waals surface area contributed by atoms with Crippen molar-refractivity contribution in [2.75, 3.05) is 13.2 Å². The van der Waals surface area contributed by atoms with Gasteiger partial charge in [0.05, 0.1) is 10.9 Å². The molecule has 0 aliphatic heterocycles. The lowest BCUT2D eigenvalue weighted by Crippen LogP contribution is -2.49. The minimum atomic E-state index is -3.99. The maximum absolute atomic E-state index is 13.7. The van der Waals surface area contributed by atoms with E-state index in [4.69, 9.17) is 0 Å². The molecule has 0 radical (unpaired) electrons. The third-order valence-electron chi connectivity index (χ3n) is 5.29. The van der Waals surface area contributed by atoms with E-state index in [0.717, 1.165) is 16.3 Å². The number of hydrogen-bond donors (Lipinski definition) is 1. The van der Waals surface area contributed by atoms with Crippen LogP contribution in [0.3, 0.4) is 0 Å². The molecule has 7 heteroatoms. The molecule has 6 nitrogen and oxygen atoms in total. The van der Waals surface area contributed by atoms with E-state index < -0.39 is 28.5 Å². The lowest BCUT2D eigenvalue weighted by molar-refractivity contribution is -0.126. The first-order valence-electron chi connectivity index (χ1n) is 10.6. The summed E-state index contributed by atoms with van der Waals surface area (Å²) >= 11 is 0. The van der Waals surface area contributed by atoms with Crippen LogP contribution >= 0.6 is 0 Å². The smallest absolute Gasteiger partial charge is 0.243 e. The molecule has 0 fully saturated rings. The normalized spacial score (nSPS) is 13.3. The molecule has 1 N–H and O–H groups in total. The number of sulfonamides is 1. The van der Waals surface area contributed by atoms with Crippen molar-refractivity contribution >= 4 is 32.4 Å². The number of aliphatic hydroxyl groups excluding tert-OH is 1. The van der Waals surface area contributed by atoms with E-state index in [2.05, 4.69) is 0 Å². The number of carbonyl (C=O) groups excluding carboxylic acids is 2. The fraction of sp³-hybridized carbons (Fsp3) is 0.500. The molecule has 0 aliphatic rings. The standard InChI is InChI=1S/C24H33NO5S/c1-16(2)10-11-25(24(17(3)4)23(28)15-26)31(29,30)22-9-8-20-7-6-19(12-18(5)27)13-21(20)14-22/h6-9,13-14,16-17,24,26H,10-12,15H2,1-5H3. The van der Waals surface area contributed by atoms with Crippen LogP contribution in [0.25, 0.3) is 10.8 Å². The van der Waals surface area contributed by atoms with E-state index in [1.54, 1.807) is 32.0 Å². The van der Waals surface area contributed by atoms with Crippen LogP contribution in [0.2, 0.25) is 0 Å². The highest BCUT2D eigenvalue weighted by molar-refractivity contribution is 7.89. The molecular formula is C24H33NO5S. The fourth-order valence-corrected chi connectivity index (χ4v) is 5.51. The minimum absolute atomic E-state index is 0.0327. The highest BCUT2D eigenvalue weighted by Gasteiger charge is 2.37. The molecule has 0 bridgehead atoms. The van der Waals surface area contributed by atoms with Crippen molar-refractivity contribution in [1.82, 2.24) is 4.31 Å². The van der Waals surface area contributed by atoms with E-state index in [9.17, 15) is 23.1 Å². The summed E-state index contributed by atoms with van der Waals surface area (Å²) in [6.07, 6.45) is 0.880. The Morgan fingerprint density at radius 3 is 2.19 bits per heavy atom. The summed E-state index contributed by atoms with van der Waals surface area (Å²) in [4.78, 5) is 24.1. The van der Waals surface area contributed by atoms with Gasteiger partial charge in [-0.1, -0.05) is 52.0 Å². The van der Waals surface area contributed by atoms with Gasteiger partial charge in [0.2, 0.25) is 10.0 Å². The van der Waals surface area contributed by atoms with Gasteiger partial charge >= 0.3 is 0 Å². The van der Waals surface area contributed by atoms with Crippen LogP contribution in [0.5, 0.6) is 0 Å². The molecule has 0 aromatic heterocycles. The average Bonchev–Trinajstić information content (AvgIpc) is 2.68. The van der Waals surface area contributed by atoms with Crippen molar-refractivity contribution in [3.05, 3.63) is 42.0 Å². The van der Waals surface area contributed by atoms with Gasteiger partial charge in [-0.05, 0) is 53.6 Å². The first kappa shape index (κ1) is 25.2. The van der Waals surface area contributed by atoms with Crippen LogP contribution < -0.4 is 0 Å². The van der Waals surface area contributed by atoms with Crippen LogP contribution in [0, 0.1) is 11.8 Å². The molecule has 2 aromatic rings. The summed E-state index contributed by atoms with van der Waals surface area (Å²) in [6.45, 7) is 8.56. The predicted molar refractivity (Wildman–Crippen MR) is 122 cm³/mol. The average molecular weight is 448 g/mol. The molecule has 0 heterocycles. The number of carbonyl (C=O) groups is 2. The Bertz CT molecular complexity index is 1040. The second-order valence-electron chi connectivity index (χ2n) is 8.83. The maximum Gasteiger partial charge on any atom is 0.243 e. The zero-order valence-electron chi connectivity index (χ0n) is 19.0. The summed E-state index contributed by atoms with van der Waals surface area (Å²) in [7, 11) is -3.99. The van der Waals surface area contributed by atoms with Crippen molar-refractivity contribution in [2.24, 2.45) is 11.8 Å². The summed E-state index contributed by atoms with van der Waals surface area (Å²) in [5.41, 5.74) is 0.821. The van der Waals surface area contributed by atoms with Crippen molar-refractivity contribution in [2.45, 2.75) is 58.4 Å². The van der Waals surface area contributed by atoms with Gasteiger partial charge in [-0.2, -0.15) is 4.31 Å². The number of fused-ring (bicyclic) bond motifs is 1. The van der Waals surface area contributed by atoms with Gasteiger partial charge < -0.3 is 5.11 Å². The van der Waals surface area contributed by atoms with Gasteiger partial charge in [0.1, 0.15) is 12.4 Å². The monoisotopic (exact) mass is 447 g/mol. The lowest BCUT2D eigenvalue weighted by Gasteiger charge is -2.32. The van der Waals surface area contributed by atoms with Gasteiger partial charge in [-0.15, -0.1) is 0 Å².